The molecule has 1 aliphatic rings. The SMILES string of the molecule is CCN(CC)S(=O)(=O)c1ccc2c(c1)CCN2C(=O)c1cc(Cl)c(Cl)n1C. The van der Waals surface area contributed by atoms with E-state index < -0.39 is 10.0 Å². The molecule has 0 saturated carbocycles. The van der Waals surface area contributed by atoms with E-state index in [-0.39, 0.29) is 10.8 Å². The molecule has 0 N–H and O–H groups in total. The third-order valence-corrected chi connectivity index (χ3v) is 7.76. The molecule has 0 unspecified atom stereocenters. The van der Waals surface area contributed by atoms with Gasteiger partial charge in [0.15, 0.2) is 0 Å². The largest absolute Gasteiger partial charge is 0.329 e. The average Bonchev–Trinajstić information content (AvgIpc) is 3.18. The molecule has 0 fully saturated rings. The van der Waals surface area contributed by atoms with Gasteiger partial charge in [-0.25, -0.2) is 8.42 Å². The van der Waals surface area contributed by atoms with Crippen LogP contribution in [0.25, 0.3) is 0 Å². The average molecular weight is 430 g/mol. The van der Waals surface area contributed by atoms with Gasteiger partial charge in [0.1, 0.15) is 10.8 Å². The van der Waals surface area contributed by atoms with Crippen molar-refractivity contribution in [3.63, 3.8) is 0 Å². The molecule has 0 atom stereocenters. The lowest BCUT2D eigenvalue weighted by atomic mass is 10.2. The van der Waals surface area contributed by atoms with Crippen LogP contribution in [0.15, 0.2) is 29.2 Å². The molecule has 1 aromatic carbocycles. The summed E-state index contributed by atoms with van der Waals surface area (Å²) >= 11 is 12.1. The summed E-state index contributed by atoms with van der Waals surface area (Å²) in [5, 5.41) is 0.628. The Balaban J connectivity index is 1.95. The van der Waals surface area contributed by atoms with Crippen molar-refractivity contribution in [2.45, 2.75) is 25.2 Å². The fourth-order valence-electron chi connectivity index (χ4n) is 3.35. The highest BCUT2D eigenvalue weighted by atomic mass is 35.5. The first kappa shape index (κ1) is 20.2. The van der Waals surface area contributed by atoms with Gasteiger partial charge in [0.25, 0.3) is 5.91 Å². The van der Waals surface area contributed by atoms with Crippen molar-refractivity contribution in [2.75, 3.05) is 24.5 Å². The standard InChI is InChI=1S/C18H21Cl2N3O3S/c1-4-22(5-2)27(25,26)13-6-7-15-12(10-13)8-9-23(15)18(24)16-11-14(19)17(20)21(16)3/h6-7,10-11H,4-5,8-9H2,1-3H3. The molecule has 0 bridgehead atoms. The minimum absolute atomic E-state index is 0.218. The van der Waals surface area contributed by atoms with Gasteiger partial charge in [-0.05, 0) is 36.2 Å². The third kappa shape index (κ3) is 3.38. The Hall–Kier alpha value is -1.54. The lowest BCUT2D eigenvalue weighted by molar-refractivity contribution is 0.0981. The molecule has 9 heteroatoms. The van der Waals surface area contributed by atoms with Crippen molar-refractivity contribution in [1.29, 1.82) is 0 Å². The minimum atomic E-state index is -3.53. The maximum Gasteiger partial charge on any atom is 0.274 e. The number of halogens is 2. The number of benzene rings is 1. The summed E-state index contributed by atoms with van der Waals surface area (Å²) in [5.41, 5.74) is 1.94. The summed E-state index contributed by atoms with van der Waals surface area (Å²) in [6.45, 7) is 4.92. The first-order valence-corrected chi connectivity index (χ1v) is 10.9. The van der Waals surface area contributed by atoms with Gasteiger partial charge < -0.3 is 9.47 Å². The summed E-state index contributed by atoms with van der Waals surface area (Å²) < 4.78 is 28.4. The highest BCUT2D eigenvalue weighted by Crippen LogP contribution is 2.33. The topological polar surface area (TPSA) is 62.6 Å². The monoisotopic (exact) mass is 429 g/mol. The van der Waals surface area contributed by atoms with Crippen LogP contribution in [0, 0.1) is 0 Å². The van der Waals surface area contributed by atoms with Crippen molar-refractivity contribution in [3.8, 4) is 0 Å². The second kappa shape index (κ2) is 7.47. The summed E-state index contributed by atoms with van der Waals surface area (Å²) in [6.07, 6.45) is 0.592. The summed E-state index contributed by atoms with van der Waals surface area (Å²) in [5.74, 6) is -0.218. The van der Waals surface area contributed by atoms with Gasteiger partial charge in [-0.1, -0.05) is 37.0 Å². The maximum atomic E-state index is 12.9. The third-order valence-electron chi connectivity index (χ3n) is 4.87. The molecule has 27 heavy (non-hydrogen) atoms. The molecule has 1 aliphatic heterocycles. The first-order chi connectivity index (χ1) is 12.7. The molecule has 2 aromatic rings. The molecular formula is C18H21Cl2N3O3S. The molecule has 3 rings (SSSR count). The number of sulfonamides is 1. The Kier molecular flexibility index (Phi) is 5.59. The molecule has 0 radical (unpaired) electrons. The van der Waals surface area contributed by atoms with Crippen LogP contribution in [-0.2, 0) is 23.5 Å². The normalized spacial score (nSPS) is 14.1. The lowest BCUT2D eigenvalue weighted by Gasteiger charge is -2.20. The van der Waals surface area contributed by atoms with E-state index in [2.05, 4.69) is 0 Å². The van der Waals surface area contributed by atoms with Gasteiger partial charge in [-0.2, -0.15) is 4.31 Å². The molecule has 0 saturated heterocycles. The summed E-state index contributed by atoms with van der Waals surface area (Å²) in [6, 6.07) is 6.47. The Morgan fingerprint density at radius 1 is 1.19 bits per heavy atom. The Labute approximate surface area is 169 Å². The van der Waals surface area contributed by atoms with Crippen molar-refractivity contribution in [1.82, 2.24) is 8.87 Å². The number of amides is 1. The van der Waals surface area contributed by atoms with Gasteiger partial charge in [0, 0.05) is 32.4 Å². The second-order valence-corrected chi connectivity index (χ2v) is 9.02. The molecule has 0 spiro atoms. The number of carbonyl (C=O) groups excluding carboxylic acids is 1. The number of hydrogen-bond acceptors (Lipinski definition) is 3. The Bertz CT molecular complexity index is 998. The van der Waals surface area contributed by atoms with E-state index in [4.69, 9.17) is 23.2 Å². The van der Waals surface area contributed by atoms with E-state index in [1.165, 1.54) is 4.31 Å². The van der Waals surface area contributed by atoms with E-state index in [0.717, 1.165) is 5.56 Å². The minimum Gasteiger partial charge on any atom is -0.329 e. The summed E-state index contributed by atoms with van der Waals surface area (Å²) in [7, 11) is -1.85. The van der Waals surface area contributed by atoms with Crippen LogP contribution in [0.1, 0.15) is 29.9 Å². The number of aromatic nitrogens is 1. The van der Waals surface area contributed by atoms with Crippen molar-refractivity contribution in [3.05, 3.63) is 45.7 Å². The fraction of sp³-hybridized carbons (Fsp3) is 0.389. The zero-order valence-corrected chi connectivity index (χ0v) is 17.7. The van der Waals surface area contributed by atoms with Crippen LogP contribution < -0.4 is 4.90 Å². The van der Waals surface area contributed by atoms with Gasteiger partial charge in [-0.3, -0.25) is 4.79 Å². The molecule has 2 heterocycles. The van der Waals surface area contributed by atoms with E-state index in [0.29, 0.717) is 47.6 Å². The van der Waals surface area contributed by atoms with E-state index in [1.54, 1.807) is 40.8 Å². The van der Waals surface area contributed by atoms with Crippen molar-refractivity contribution in [2.24, 2.45) is 7.05 Å². The van der Waals surface area contributed by atoms with Gasteiger partial charge >= 0.3 is 0 Å². The maximum absolute atomic E-state index is 12.9. The molecule has 1 aromatic heterocycles. The van der Waals surface area contributed by atoms with E-state index in [1.807, 2.05) is 13.8 Å². The first-order valence-electron chi connectivity index (χ1n) is 8.68. The van der Waals surface area contributed by atoms with Crippen molar-refractivity contribution >= 4 is 44.8 Å². The number of nitrogens with zero attached hydrogens (tertiary/aromatic N) is 3. The highest BCUT2D eigenvalue weighted by Gasteiger charge is 2.30. The quantitative estimate of drug-likeness (QED) is 0.729. The summed E-state index contributed by atoms with van der Waals surface area (Å²) in [4.78, 5) is 14.8. The predicted molar refractivity (Wildman–Crippen MR) is 107 cm³/mol. The molecule has 146 valence electrons. The zero-order chi connectivity index (χ0) is 19.9. The number of anilines is 1. The number of hydrogen-bond donors (Lipinski definition) is 0. The Morgan fingerprint density at radius 2 is 1.85 bits per heavy atom. The number of rotatable bonds is 5. The van der Waals surface area contributed by atoms with Crippen LogP contribution in [-0.4, -0.2) is 42.8 Å². The van der Waals surface area contributed by atoms with Crippen LogP contribution >= 0.6 is 23.2 Å². The van der Waals surface area contributed by atoms with Crippen LogP contribution in [0.4, 0.5) is 5.69 Å². The number of fused-ring (bicyclic) bond motifs is 1. The van der Waals surface area contributed by atoms with Crippen molar-refractivity contribution < 1.29 is 13.2 Å². The Morgan fingerprint density at radius 3 is 2.41 bits per heavy atom. The van der Waals surface area contributed by atoms with Crippen LogP contribution in [0.2, 0.25) is 10.2 Å². The van der Waals surface area contributed by atoms with E-state index in [9.17, 15) is 13.2 Å². The molecule has 6 nitrogen and oxygen atoms in total. The van der Waals surface area contributed by atoms with E-state index >= 15 is 0 Å². The smallest absolute Gasteiger partial charge is 0.274 e. The number of carbonyl (C=O) groups is 1. The molecule has 0 aliphatic carbocycles. The predicted octanol–water partition coefficient (Wildman–Crippen LogP) is 3.57. The van der Waals surface area contributed by atoms with Crippen LogP contribution in [0.5, 0.6) is 0 Å². The zero-order valence-electron chi connectivity index (χ0n) is 15.4. The van der Waals surface area contributed by atoms with Crippen LogP contribution in [0.3, 0.4) is 0 Å². The molecular weight excluding hydrogens is 409 g/mol. The van der Waals surface area contributed by atoms with Gasteiger partial charge in [0.05, 0.1) is 9.92 Å². The highest BCUT2D eigenvalue weighted by molar-refractivity contribution is 7.89. The fourth-order valence-corrected chi connectivity index (χ4v) is 5.23. The van der Waals surface area contributed by atoms with Gasteiger partial charge in [0.2, 0.25) is 10.0 Å². The molecule has 1 amide bonds. The second-order valence-electron chi connectivity index (χ2n) is 6.31. The lowest BCUT2D eigenvalue weighted by Crippen LogP contribution is -2.31. The van der Waals surface area contributed by atoms with Gasteiger partial charge in [-0.15, -0.1) is 0 Å².